The average Bonchev–Trinajstić information content (AvgIpc) is 3.08. The molecule has 2 N–H and O–H groups in total. The van der Waals surface area contributed by atoms with E-state index in [1.54, 1.807) is 12.1 Å². The van der Waals surface area contributed by atoms with Gasteiger partial charge >= 0.3 is 29.6 Å². The van der Waals surface area contributed by atoms with E-state index in [4.69, 9.17) is 14.6 Å². The number of carboxylic acid groups (broad SMARTS) is 1. The van der Waals surface area contributed by atoms with Gasteiger partial charge in [0.15, 0.2) is 5.17 Å². The third-order valence-corrected chi connectivity index (χ3v) is 5.06. The van der Waals surface area contributed by atoms with Gasteiger partial charge in [-0.1, -0.05) is 12.1 Å². The van der Waals surface area contributed by atoms with E-state index in [1.165, 1.54) is 17.4 Å². The topological polar surface area (TPSA) is 91.2 Å². The van der Waals surface area contributed by atoms with Crippen LogP contribution in [0.4, 0.5) is 11.4 Å². The van der Waals surface area contributed by atoms with E-state index in [-0.39, 0.29) is 35.5 Å². The van der Waals surface area contributed by atoms with Gasteiger partial charge < -0.3 is 20.1 Å². The third kappa shape index (κ3) is 8.16. The van der Waals surface area contributed by atoms with E-state index < -0.39 is 5.97 Å². The maximum absolute atomic E-state index is 12.2. The van der Waals surface area contributed by atoms with Crippen molar-refractivity contribution in [2.45, 2.75) is 6.92 Å². The van der Waals surface area contributed by atoms with Crippen molar-refractivity contribution in [2.75, 3.05) is 31.2 Å². The minimum Gasteiger partial charge on any atom is -0.481 e. The van der Waals surface area contributed by atoms with Gasteiger partial charge in [-0.05, 0) is 41.2 Å². The summed E-state index contributed by atoms with van der Waals surface area (Å²) in [6, 6.07) is 18.5. The maximum Gasteiger partial charge on any atom is 1.00 e. The summed E-state index contributed by atoms with van der Waals surface area (Å²) >= 11 is 1.35. The Morgan fingerprint density at radius 3 is 2.42 bits per heavy atom. The van der Waals surface area contributed by atoms with Crippen molar-refractivity contribution in [1.29, 1.82) is 0 Å². The number of anilines is 1. The molecule has 4 rings (SSSR count). The Hall–Kier alpha value is -2.10. The van der Waals surface area contributed by atoms with Crippen LogP contribution in [0.3, 0.4) is 0 Å². The number of amides is 1. The number of amidine groups is 1. The molecule has 156 valence electrons. The van der Waals surface area contributed by atoms with Crippen molar-refractivity contribution in [2.24, 2.45) is 4.99 Å². The summed E-state index contributed by atoms with van der Waals surface area (Å²) in [5, 5.41) is 10.8. The minimum atomic E-state index is -0.833. The van der Waals surface area contributed by atoms with Crippen LogP contribution >= 0.6 is 11.8 Å². The van der Waals surface area contributed by atoms with Crippen LogP contribution in [-0.2, 0) is 14.3 Å². The minimum absolute atomic E-state index is 0. The van der Waals surface area contributed by atoms with Crippen LogP contribution in [0, 0.1) is 6.07 Å². The molecule has 31 heavy (non-hydrogen) atoms. The first kappa shape index (κ1) is 25.2. The summed E-state index contributed by atoms with van der Waals surface area (Å²) in [5.41, 5.74) is 2.97. The fraction of sp³-hybridized carbons (Fsp3) is 0.227. The smallest absolute Gasteiger partial charge is 0.481 e. The number of hydrogen-bond donors (Lipinski definition) is 2. The predicted molar refractivity (Wildman–Crippen MR) is 119 cm³/mol. The molecule has 0 aliphatic carbocycles. The van der Waals surface area contributed by atoms with Gasteiger partial charge in [0, 0.05) is 25.7 Å². The van der Waals surface area contributed by atoms with E-state index >= 15 is 0 Å². The van der Waals surface area contributed by atoms with Crippen molar-refractivity contribution in [3.63, 3.8) is 0 Å². The van der Waals surface area contributed by atoms with Crippen LogP contribution in [0.15, 0.2) is 58.4 Å². The number of nitrogens with one attached hydrogen (secondary N) is 1. The summed E-state index contributed by atoms with van der Waals surface area (Å²) in [6.07, 6.45) is 1.89. The number of carboxylic acids is 1. The molecule has 2 aliphatic heterocycles. The van der Waals surface area contributed by atoms with E-state index in [9.17, 15) is 4.79 Å². The molecule has 0 spiro atoms. The number of aliphatic imine (C=N–C) groups is 1. The molecule has 2 fully saturated rings. The monoisotopic (exact) mass is 447 g/mol. The average molecular weight is 447 g/mol. The Labute approximate surface area is 207 Å². The molecule has 7 nitrogen and oxygen atoms in total. The molecule has 2 heterocycles. The number of rotatable bonds is 3. The molecule has 2 aromatic carbocycles. The molecule has 1 amide bonds. The van der Waals surface area contributed by atoms with Gasteiger partial charge in [0.1, 0.15) is 0 Å². The van der Waals surface area contributed by atoms with E-state index in [1.807, 2.05) is 30.3 Å². The summed E-state index contributed by atoms with van der Waals surface area (Å²) in [7, 11) is 0. The Kier molecular flexibility index (Phi) is 10.3. The SMILES string of the molecule is CC(=O)O.O=C1NC(=Nc2cc[c-]cc2)SC1=Cc1ccc(N2CCOCC2)cc1.[Na+]. The Balaban J connectivity index is 0.000000631. The normalized spacial score (nSPS) is 18.1. The summed E-state index contributed by atoms with van der Waals surface area (Å²) in [6.45, 7) is 4.44. The van der Waals surface area contributed by atoms with E-state index in [0.29, 0.717) is 10.1 Å². The first-order chi connectivity index (χ1) is 14.5. The van der Waals surface area contributed by atoms with Gasteiger partial charge in [-0.25, -0.2) is 0 Å². The molecule has 9 heteroatoms. The van der Waals surface area contributed by atoms with Crippen LogP contribution in [-0.4, -0.2) is 48.5 Å². The van der Waals surface area contributed by atoms with Gasteiger partial charge in [-0.2, -0.15) is 18.2 Å². The first-order valence-corrected chi connectivity index (χ1v) is 10.2. The van der Waals surface area contributed by atoms with Gasteiger partial charge in [0.05, 0.1) is 18.1 Å². The number of thioether (sulfide) groups is 1. The number of benzene rings is 2. The van der Waals surface area contributed by atoms with Crippen molar-refractivity contribution in [1.82, 2.24) is 5.32 Å². The van der Waals surface area contributed by atoms with Crippen LogP contribution in [0.2, 0.25) is 0 Å². The number of hydrogen-bond acceptors (Lipinski definition) is 6. The third-order valence-electron chi connectivity index (χ3n) is 4.15. The molecule has 0 radical (unpaired) electrons. The number of carbonyl (C=O) groups is 2. The van der Waals surface area contributed by atoms with Crippen LogP contribution in [0.5, 0.6) is 0 Å². The summed E-state index contributed by atoms with van der Waals surface area (Å²) in [4.78, 5) is 28.6. The van der Waals surface area contributed by atoms with Gasteiger partial charge in [-0.3, -0.25) is 14.6 Å². The van der Waals surface area contributed by atoms with Crippen molar-refractivity contribution in [3.05, 3.63) is 65.1 Å². The zero-order valence-electron chi connectivity index (χ0n) is 17.5. The number of morpholine rings is 1. The molecule has 2 aromatic rings. The standard InChI is InChI=1S/C20H18N3O2S.C2H4O2.Na/c24-19-18(26-20(22-19)21-16-4-2-1-3-5-16)14-15-6-8-17(9-7-15)23-10-12-25-13-11-23;1-2(3)4;/h2-9,14H,10-13H2,(H,21,22,24);1H3,(H,3,4);/q-1;;+1. The zero-order valence-corrected chi connectivity index (χ0v) is 20.3. The molecule has 0 atom stereocenters. The second kappa shape index (κ2) is 12.7. The number of nitrogens with zero attached hydrogens (tertiary/aromatic N) is 2. The van der Waals surface area contributed by atoms with Crippen molar-refractivity contribution >= 4 is 46.3 Å². The van der Waals surface area contributed by atoms with Crippen LogP contribution < -0.4 is 39.8 Å². The number of ether oxygens (including phenoxy) is 1. The van der Waals surface area contributed by atoms with Gasteiger partial charge in [0.25, 0.3) is 11.9 Å². The van der Waals surface area contributed by atoms with E-state index in [2.05, 4.69) is 33.4 Å². The van der Waals surface area contributed by atoms with Gasteiger partial charge in [0.2, 0.25) is 0 Å². The fourth-order valence-corrected chi connectivity index (χ4v) is 3.65. The molecule has 0 unspecified atom stereocenters. The second-order valence-corrected chi connectivity index (χ2v) is 7.48. The zero-order chi connectivity index (χ0) is 21.3. The fourth-order valence-electron chi connectivity index (χ4n) is 2.80. The molecule has 0 aromatic heterocycles. The molecular weight excluding hydrogens is 425 g/mol. The van der Waals surface area contributed by atoms with Gasteiger partial charge in [-0.15, -0.1) is 12.1 Å². The maximum atomic E-state index is 12.2. The first-order valence-electron chi connectivity index (χ1n) is 9.39. The summed E-state index contributed by atoms with van der Waals surface area (Å²) < 4.78 is 5.39. The summed E-state index contributed by atoms with van der Waals surface area (Å²) in [5.74, 6) is -0.950. The Morgan fingerprint density at radius 1 is 1.19 bits per heavy atom. The van der Waals surface area contributed by atoms with Crippen molar-refractivity contribution < 1.29 is 49.0 Å². The molecule has 2 aliphatic rings. The molecule has 0 bridgehead atoms. The van der Waals surface area contributed by atoms with E-state index in [0.717, 1.165) is 44.5 Å². The van der Waals surface area contributed by atoms with Crippen LogP contribution in [0.25, 0.3) is 6.08 Å². The number of aliphatic carboxylic acids is 1. The quantitative estimate of drug-likeness (QED) is 0.400. The largest absolute Gasteiger partial charge is 1.00 e. The predicted octanol–water partition coefficient (Wildman–Crippen LogP) is 0.310. The molecule has 2 saturated heterocycles. The van der Waals surface area contributed by atoms with Crippen molar-refractivity contribution in [3.8, 4) is 0 Å². The van der Waals surface area contributed by atoms with Crippen LogP contribution in [0.1, 0.15) is 12.5 Å². The molecule has 0 saturated carbocycles. The molecular formula is C22H22N3NaO4S. The number of carbonyl (C=O) groups excluding carboxylic acids is 1. The Bertz CT molecular complexity index is 939. The second-order valence-electron chi connectivity index (χ2n) is 6.45. The Morgan fingerprint density at radius 2 is 1.81 bits per heavy atom.